The van der Waals surface area contributed by atoms with Gasteiger partial charge in [-0.2, -0.15) is 5.10 Å². The maximum absolute atomic E-state index is 12.2. The van der Waals surface area contributed by atoms with Crippen LogP contribution in [0.5, 0.6) is 11.5 Å². The molecule has 0 saturated carbocycles. The van der Waals surface area contributed by atoms with E-state index in [0.29, 0.717) is 28.6 Å². The number of rotatable bonds is 7. The Kier molecular flexibility index (Phi) is 7.92. The maximum Gasteiger partial charge on any atom is 0.329 e. The van der Waals surface area contributed by atoms with Crippen molar-refractivity contribution in [2.75, 3.05) is 24.9 Å². The first-order valence-corrected chi connectivity index (χ1v) is 9.05. The van der Waals surface area contributed by atoms with Crippen LogP contribution >= 0.6 is 0 Å². The number of amides is 3. The molecule has 0 aliphatic heterocycles. The molecule has 30 heavy (non-hydrogen) atoms. The molecule has 0 radical (unpaired) electrons. The van der Waals surface area contributed by atoms with E-state index in [1.807, 2.05) is 13.0 Å². The first-order chi connectivity index (χ1) is 14.3. The Balaban J connectivity index is 1.87. The number of methoxy groups -OCH3 is 2. The minimum absolute atomic E-state index is 0.0719. The van der Waals surface area contributed by atoms with Crippen LogP contribution in [0.25, 0.3) is 0 Å². The van der Waals surface area contributed by atoms with Crippen LogP contribution in [0, 0.1) is 6.92 Å². The number of nitrogens with zero attached hydrogens (tertiary/aromatic N) is 1. The molecule has 158 valence electrons. The highest BCUT2D eigenvalue weighted by Gasteiger charge is 2.14. The van der Waals surface area contributed by atoms with E-state index in [1.165, 1.54) is 14.2 Å². The normalized spacial score (nSPS) is 10.7. The SMILES string of the molecule is COc1ccc(NC(=O)C(=O)N/N=C(\C)CC(=O)Nc2cc(C)ccc2OC)cc1. The largest absolute Gasteiger partial charge is 0.497 e. The highest BCUT2D eigenvalue weighted by molar-refractivity contribution is 6.39. The molecule has 2 rings (SSSR count). The third kappa shape index (κ3) is 6.62. The molecule has 0 aromatic heterocycles. The number of carbonyl (C=O) groups is 3. The standard InChI is InChI=1S/C21H24N4O5/c1-13-5-10-18(30-4)17(11-13)23-19(26)12-14(2)24-25-21(28)20(27)22-15-6-8-16(29-3)9-7-15/h5-11H,12H2,1-4H3,(H,22,27)(H,23,26)(H,25,28)/b24-14+. The minimum atomic E-state index is -0.953. The number of benzene rings is 2. The van der Waals surface area contributed by atoms with Gasteiger partial charge in [0.05, 0.1) is 26.3 Å². The van der Waals surface area contributed by atoms with E-state index in [1.54, 1.807) is 43.3 Å². The van der Waals surface area contributed by atoms with Crippen LogP contribution in [0.3, 0.4) is 0 Å². The van der Waals surface area contributed by atoms with Gasteiger partial charge < -0.3 is 20.1 Å². The van der Waals surface area contributed by atoms with E-state index < -0.39 is 11.8 Å². The second-order valence-electron chi connectivity index (χ2n) is 6.40. The molecule has 0 unspecified atom stereocenters. The zero-order valence-electron chi connectivity index (χ0n) is 17.2. The summed E-state index contributed by atoms with van der Waals surface area (Å²) in [5.41, 5.74) is 4.40. The van der Waals surface area contributed by atoms with Gasteiger partial charge in [-0.05, 0) is 55.8 Å². The molecule has 0 aliphatic rings. The van der Waals surface area contributed by atoms with Gasteiger partial charge in [0.25, 0.3) is 0 Å². The Morgan fingerprint density at radius 3 is 2.27 bits per heavy atom. The van der Waals surface area contributed by atoms with Gasteiger partial charge >= 0.3 is 11.8 Å². The van der Waals surface area contributed by atoms with Crippen molar-refractivity contribution in [3.63, 3.8) is 0 Å². The van der Waals surface area contributed by atoms with Crippen molar-refractivity contribution in [2.24, 2.45) is 5.10 Å². The van der Waals surface area contributed by atoms with Gasteiger partial charge in [0, 0.05) is 11.4 Å². The lowest BCUT2D eigenvalue weighted by Gasteiger charge is -2.11. The number of ether oxygens (including phenoxy) is 2. The van der Waals surface area contributed by atoms with Crippen LogP contribution in [-0.4, -0.2) is 37.7 Å². The zero-order chi connectivity index (χ0) is 22.1. The highest BCUT2D eigenvalue weighted by atomic mass is 16.5. The Morgan fingerprint density at radius 2 is 1.63 bits per heavy atom. The predicted molar refractivity (Wildman–Crippen MR) is 114 cm³/mol. The number of anilines is 2. The summed E-state index contributed by atoms with van der Waals surface area (Å²) in [5, 5.41) is 8.98. The third-order valence-corrected chi connectivity index (χ3v) is 3.95. The molecule has 0 saturated heterocycles. The molecule has 9 heteroatoms. The van der Waals surface area contributed by atoms with Crippen molar-refractivity contribution < 1.29 is 23.9 Å². The summed E-state index contributed by atoms with van der Waals surface area (Å²) in [7, 11) is 3.04. The lowest BCUT2D eigenvalue weighted by atomic mass is 10.2. The molecular weight excluding hydrogens is 388 g/mol. The summed E-state index contributed by atoms with van der Waals surface area (Å²) in [6, 6.07) is 11.9. The molecule has 0 atom stereocenters. The van der Waals surface area contributed by atoms with Crippen LogP contribution in [0.2, 0.25) is 0 Å². The van der Waals surface area contributed by atoms with Gasteiger partial charge in [-0.25, -0.2) is 5.43 Å². The first-order valence-electron chi connectivity index (χ1n) is 9.05. The fraction of sp³-hybridized carbons (Fsp3) is 0.238. The molecule has 0 heterocycles. The van der Waals surface area contributed by atoms with Crippen LogP contribution < -0.4 is 25.5 Å². The van der Waals surface area contributed by atoms with Crippen LogP contribution in [-0.2, 0) is 14.4 Å². The van der Waals surface area contributed by atoms with Crippen LogP contribution in [0.1, 0.15) is 18.9 Å². The lowest BCUT2D eigenvalue weighted by Crippen LogP contribution is -2.33. The lowest BCUT2D eigenvalue weighted by molar-refractivity contribution is -0.136. The van der Waals surface area contributed by atoms with Gasteiger partial charge in [-0.3, -0.25) is 14.4 Å². The number of hydrogen-bond acceptors (Lipinski definition) is 6. The fourth-order valence-electron chi connectivity index (χ4n) is 2.44. The van der Waals surface area contributed by atoms with E-state index in [2.05, 4.69) is 21.2 Å². The predicted octanol–water partition coefficient (Wildman–Crippen LogP) is 2.47. The number of aryl methyl sites for hydroxylation is 1. The van der Waals surface area contributed by atoms with Gasteiger partial charge in [-0.15, -0.1) is 0 Å². The van der Waals surface area contributed by atoms with Crippen LogP contribution in [0.4, 0.5) is 11.4 Å². The van der Waals surface area contributed by atoms with Crippen molar-refractivity contribution in [3.8, 4) is 11.5 Å². The molecule has 0 bridgehead atoms. The molecule has 0 aliphatic carbocycles. The number of carbonyl (C=O) groups excluding carboxylic acids is 3. The van der Waals surface area contributed by atoms with Gasteiger partial charge in [0.1, 0.15) is 11.5 Å². The molecule has 2 aromatic rings. The highest BCUT2D eigenvalue weighted by Crippen LogP contribution is 2.25. The topological polar surface area (TPSA) is 118 Å². The molecule has 2 aromatic carbocycles. The molecule has 0 fully saturated rings. The summed E-state index contributed by atoms with van der Waals surface area (Å²) >= 11 is 0. The van der Waals surface area contributed by atoms with Crippen molar-refractivity contribution in [3.05, 3.63) is 48.0 Å². The summed E-state index contributed by atoms with van der Waals surface area (Å²) in [4.78, 5) is 36.1. The molecule has 3 amide bonds. The van der Waals surface area contributed by atoms with Gasteiger partial charge in [0.15, 0.2) is 0 Å². The summed E-state index contributed by atoms with van der Waals surface area (Å²) in [6.07, 6.45) is -0.0719. The van der Waals surface area contributed by atoms with Gasteiger partial charge in [0.2, 0.25) is 5.91 Å². The Morgan fingerprint density at radius 1 is 0.933 bits per heavy atom. The quantitative estimate of drug-likeness (QED) is 0.367. The second-order valence-corrected chi connectivity index (χ2v) is 6.40. The summed E-state index contributed by atoms with van der Waals surface area (Å²) in [5.74, 6) is -1.01. The Labute approximate surface area is 174 Å². The van der Waals surface area contributed by atoms with E-state index in [9.17, 15) is 14.4 Å². The summed E-state index contributed by atoms with van der Waals surface area (Å²) in [6.45, 7) is 3.46. The average molecular weight is 412 g/mol. The Bertz CT molecular complexity index is 954. The van der Waals surface area contributed by atoms with Crippen molar-refractivity contribution >= 4 is 34.8 Å². The van der Waals surface area contributed by atoms with E-state index in [-0.39, 0.29) is 12.3 Å². The molecule has 3 N–H and O–H groups in total. The van der Waals surface area contributed by atoms with E-state index >= 15 is 0 Å². The smallest absolute Gasteiger partial charge is 0.329 e. The minimum Gasteiger partial charge on any atom is -0.497 e. The van der Waals surface area contributed by atoms with E-state index in [0.717, 1.165) is 5.56 Å². The second kappa shape index (κ2) is 10.6. The molecular formula is C21H24N4O5. The van der Waals surface area contributed by atoms with Crippen LogP contribution in [0.15, 0.2) is 47.6 Å². The van der Waals surface area contributed by atoms with Crippen molar-refractivity contribution in [1.82, 2.24) is 5.43 Å². The first kappa shape index (κ1) is 22.4. The van der Waals surface area contributed by atoms with Gasteiger partial charge in [-0.1, -0.05) is 6.07 Å². The zero-order valence-corrected chi connectivity index (χ0v) is 17.2. The van der Waals surface area contributed by atoms with Crippen molar-refractivity contribution in [1.29, 1.82) is 0 Å². The monoisotopic (exact) mass is 412 g/mol. The number of nitrogens with one attached hydrogen (secondary N) is 3. The average Bonchev–Trinajstić information content (AvgIpc) is 2.72. The molecule has 9 nitrogen and oxygen atoms in total. The number of hydrogen-bond donors (Lipinski definition) is 3. The van der Waals surface area contributed by atoms with Crippen molar-refractivity contribution in [2.45, 2.75) is 20.3 Å². The van der Waals surface area contributed by atoms with E-state index in [4.69, 9.17) is 9.47 Å². The molecule has 0 spiro atoms. The number of hydrazone groups is 1. The maximum atomic E-state index is 12.2. The summed E-state index contributed by atoms with van der Waals surface area (Å²) < 4.78 is 10.2. The Hall–Kier alpha value is -3.88. The fourth-order valence-corrected chi connectivity index (χ4v) is 2.44. The third-order valence-electron chi connectivity index (χ3n) is 3.95.